The maximum atomic E-state index is 13.8. The Morgan fingerprint density at radius 2 is 1.91 bits per heavy atom. The molecule has 174 valence electrons. The molecule has 1 aliphatic heterocycles. The molecule has 1 heterocycles. The van der Waals surface area contributed by atoms with Gasteiger partial charge < -0.3 is 24.7 Å². The highest BCUT2D eigenvalue weighted by Crippen LogP contribution is 2.34. The first-order chi connectivity index (χ1) is 16.0. The van der Waals surface area contributed by atoms with Gasteiger partial charge >= 0.3 is 6.09 Å². The lowest BCUT2D eigenvalue weighted by Crippen LogP contribution is -2.42. The number of benzene rings is 2. The quantitative estimate of drug-likeness (QED) is 0.607. The van der Waals surface area contributed by atoms with Gasteiger partial charge in [-0.25, -0.2) is 4.79 Å². The van der Waals surface area contributed by atoms with Crippen LogP contribution in [-0.4, -0.2) is 64.4 Å². The van der Waals surface area contributed by atoms with Gasteiger partial charge in [-0.2, -0.15) is 0 Å². The zero-order chi connectivity index (χ0) is 23.4. The number of aliphatic hydroxyl groups excluding tert-OH is 1. The normalized spacial score (nSPS) is 16.0. The van der Waals surface area contributed by atoms with Crippen LogP contribution in [0.4, 0.5) is 4.79 Å². The van der Waals surface area contributed by atoms with Crippen LogP contribution < -0.4 is 4.74 Å². The van der Waals surface area contributed by atoms with E-state index in [1.807, 2.05) is 35.2 Å². The number of nitrogens with zero attached hydrogens (tertiary/aromatic N) is 2. The van der Waals surface area contributed by atoms with Gasteiger partial charge in [-0.3, -0.25) is 4.79 Å². The minimum Gasteiger partial charge on any atom is -0.491 e. The predicted molar refractivity (Wildman–Crippen MR) is 125 cm³/mol. The van der Waals surface area contributed by atoms with E-state index in [-0.39, 0.29) is 31.7 Å². The Bertz CT molecular complexity index is 1050. The molecule has 0 bridgehead atoms. The maximum Gasteiger partial charge on any atom is 0.407 e. The summed E-state index contributed by atoms with van der Waals surface area (Å²) in [5, 5.41) is 19.1. The van der Waals surface area contributed by atoms with Gasteiger partial charge in [0.25, 0.3) is 5.91 Å². The van der Waals surface area contributed by atoms with E-state index >= 15 is 0 Å². The number of aliphatic hydroxyl groups is 1. The highest BCUT2D eigenvalue weighted by Gasteiger charge is 2.37. The number of hydrogen-bond donors (Lipinski definition) is 2. The number of hydrogen-bond acceptors (Lipinski definition) is 4. The second-order valence-corrected chi connectivity index (χ2v) is 8.74. The van der Waals surface area contributed by atoms with Crippen molar-refractivity contribution in [3.63, 3.8) is 0 Å². The first-order valence-corrected chi connectivity index (χ1v) is 11.4. The van der Waals surface area contributed by atoms with Gasteiger partial charge in [-0.1, -0.05) is 35.9 Å². The van der Waals surface area contributed by atoms with Gasteiger partial charge in [0.15, 0.2) is 0 Å². The number of ether oxygens (including phenoxy) is 1. The largest absolute Gasteiger partial charge is 0.491 e. The number of rotatable bonds is 8. The minimum atomic E-state index is -1.03. The van der Waals surface area contributed by atoms with Crippen LogP contribution in [0.3, 0.4) is 0 Å². The topological polar surface area (TPSA) is 90.3 Å². The molecule has 2 aromatic rings. The molecule has 8 heteroatoms. The van der Waals surface area contributed by atoms with Crippen LogP contribution >= 0.6 is 11.6 Å². The smallest absolute Gasteiger partial charge is 0.407 e. The first kappa shape index (κ1) is 23.1. The lowest BCUT2D eigenvalue weighted by molar-refractivity contribution is -0.128. The minimum absolute atomic E-state index is 0.0605. The maximum absolute atomic E-state index is 13.8. The Morgan fingerprint density at radius 1 is 1.15 bits per heavy atom. The number of carboxylic acid groups (broad SMARTS) is 1. The Morgan fingerprint density at radius 3 is 2.55 bits per heavy atom. The molecule has 0 radical (unpaired) electrons. The van der Waals surface area contributed by atoms with Crippen LogP contribution in [0, 0.1) is 0 Å². The lowest BCUT2D eigenvalue weighted by atomic mass is 9.92. The highest BCUT2D eigenvalue weighted by molar-refractivity contribution is 6.30. The number of carbonyl (C=O) groups excluding carboxylic acids is 1. The number of halogens is 1. The fraction of sp³-hybridized carbons (Fsp3) is 0.360. The summed E-state index contributed by atoms with van der Waals surface area (Å²) in [7, 11) is 0. The van der Waals surface area contributed by atoms with Crippen molar-refractivity contribution in [3.05, 3.63) is 70.3 Å². The average Bonchev–Trinajstić information content (AvgIpc) is 3.66. The zero-order valence-electron chi connectivity index (χ0n) is 18.2. The van der Waals surface area contributed by atoms with Crippen molar-refractivity contribution < 1.29 is 24.5 Å². The van der Waals surface area contributed by atoms with Crippen molar-refractivity contribution in [3.8, 4) is 5.75 Å². The molecule has 2 N–H and O–H groups in total. The van der Waals surface area contributed by atoms with E-state index in [2.05, 4.69) is 0 Å². The van der Waals surface area contributed by atoms with Crippen molar-refractivity contribution in [1.29, 1.82) is 0 Å². The predicted octanol–water partition coefficient (Wildman–Crippen LogP) is 4.04. The van der Waals surface area contributed by atoms with Gasteiger partial charge in [0.2, 0.25) is 0 Å². The molecule has 2 amide bonds. The molecular weight excluding hydrogens is 444 g/mol. The van der Waals surface area contributed by atoms with E-state index in [1.54, 1.807) is 18.2 Å². The van der Waals surface area contributed by atoms with Crippen LogP contribution in [0.2, 0.25) is 5.02 Å². The summed E-state index contributed by atoms with van der Waals surface area (Å²) >= 11 is 6.14. The van der Waals surface area contributed by atoms with Gasteiger partial charge in [-0.05, 0) is 60.2 Å². The van der Waals surface area contributed by atoms with E-state index in [4.69, 9.17) is 21.4 Å². The Kier molecular flexibility index (Phi) is 7.20. The molecule has 1 saturated carbocycles. The average molecular weight is 471 g/mol. The molecule has 1 fully saturated rings. The molecule has 1 aliphatic carbocycles. The molecule has 2 aromatic carbocycles. The third-order valence-corrected chi connectivity index (χ3v) is 6.16. The summed E-state index contributed by atoms with van der Waals surface area (Å²) in [4.78, 5) is 28.6. The number of amides is 2. The van der Waals surface area contributed by atoms with E-state index in [0.717, 1.165) is 29.5 Å². The van der Waals surface area contributed by atoms with Crippen molar-refractivity contribution in [2.45, 2.75) is 31.8 Å². The van der Waals surface area contributed by atoms with Crippen LogP contribution in [-0.2, 0) is 11.3 Å². The van der Waals surface area contributed by atoms with Gasteiger partial charge in [0, 0.05) is 29.7 Å². The van der Waals surface area contributed by atoms with E-state index < -0.39 is 6.09 Å². The molecule has 4 rings (SSSR count). The Balaban J connectivity index is 1.65. The zero-order valence-corrected chi connectivity index (χ0v) is 19.0. The van der Waals surface area contributed by atoms with Crippen molar-refractivity contribution in [2.24, 2.45) is 0 Å². The molecule has 0 saturated heterocycles. The fourth-order valence-corrected chi connectivity index (χ4v) is 4.33. The van der Waals surface area contributed by atoms with Crippen LogP contribution in [0.5, 0.6) is 5.75 Å². The second-order valence-electron chi connectivity index (χ2n) is 8.30. The monoisotopic (exact) mass is 470 g/mol. The van der Waals surface area contributed by atoms with Crippen molar-refractivity contribution in [2.75, 3.05) is 26.3 Å². The molecule has 0 spiro atoms. The van der Waals surface area contributed by atoms with E-state index in [0.29, 0.717) is 35.9 Å². The standard InChI is InChI=1S/C25H27ClN2O5/c26-19-3-1-2-17(14-19)15-28(20-6-7-20)24(30)23-16-27(25(31)32)11-10-22(23)18-4-8-21(9-5-18)33-13-12-29/h1-5,8-9,14,20,29H,6-7,10-13,15-16H2,(H,31,32). The second kappa shape index (κ2) is 10.3. The molecule has 0 aromatic heterocycles. The lowest BCUT2D eigenvalue weighted by Gasteiger charge is -2.32. The summed E-state index contributed by atoms with van der Waals surface area (Å²) in [6, 6.07) is 15.0. The first-order valence-electron chi connectivity index (χ1n) is 11.1. The SMILES string of the molecule is O=C(O)N1CCC(c2ccc(OCCO)cc2)=C(C(=O)N(Cc2cccc(Cl)c2)C2CC2)C1. The molecule has 7 nitrogen and oxygen atoms in total. The van der Waals surface area contributed by atoms with E-state index in [9.17, 15) is 14.7 Å². The van der Waals surface area contributed by atoms with Crippen molar-refractivity contribution >= 4 is 29.2 Å². The van der Waals surface area contributed by atoms with Gasteiger partial charge in [0.1, 0.15) is 12.4 Å². The summed E-state index contributed by atoms with van der Waals surface area (Å²) in [5.41, 5.74) is 3.20. The third kappa shape index (κ3) is 5.67. The highest BCUT2D eigenvalue weighted by atomic mass is 35.5. The summed E-state index contributed by atoms with van der Waals surface area (Å²) in [5.74, 6) is 0.504. The number of carbonyl (C=O) groups is 2. The van der Waals surface area contributed by atoms with Crippen LogP contribution in [0.15, 0.2) is 54.1 Å². The van der Waals surface area contributed by atoms with Gasteiger partial charge in [0.05, 0.1) is 13.2 Å². The summed E-state index contributed by atoms with van der Waals surface area (Å²) in [6.45, 7) is 0.966. The molecule has 0 atom stereocenters. The Labute approximate surface area is 197 Å². The Hall–Kier alpha value is -3.03. The summed E-state index contributed by atoms with van der Waals surface area (Å²) in [6.07, 6.45) is 1.31. The van der Waals surface area contributed by atoms with Crippen molar-refractivity contribution in [1.82, 2.24) is 9.80 Å². The summed E-state index contributed by atoms with van der Waals surface area (Å²) < 4.78 is 5.44. The van der Waals surface area contributed by atoms with Crippen LogP contribution in [0.1, 0.15) is 30.4 Å². The molecular formula is C25H27ClN2O5. The fourth-order valence-electron chi connectivity index (χ4n) is 4.12. The molecule has 0 unspecified atom stereocenters. The van der Waals surface area contributed by atoms with Gasteiger partial charge in [-0.15, -0.1) is 0 Å². The van der Waals surface area contributed by atoms with E-state index in [1.165, 1.54) is 4.90 Å². The molecule has 33 heavy (non-hydrogen) atoms. The third-order valence-electron chi connectivity index (χ3n) is 5.93. The van der Waals surface area contributed by atoms with Crippen LogP contribution in [0.25, 0.3) is 5.57 Å². The molecule has 2 aliphatic rings.